The quantitative estimate of drug-likeness (QED) is 0.578. The largest absolute Gasteiger partial charge is 0.417 e. The fourth-order valence-corrected chi connectivity index (χ4v) is 4.61. The highest BCUT2D eigenvalue weighted by atomic mass is 19.4. The van der Waals surface area contributed by atoms with Gasteiger partial charge in [-0.25, -0.2) is 4.98 Å². The summed E-state index contributed by atoms with van der Waals surface area (Å²) in [6.45, 7) is 7.19. The van der Waals surface area contributed by atoms with E-state index in [1.54, 1.807) is 25.2 Å². The molecule has 0 spiro atoms. The van der Waals surface area contributed by atoms with Gasteiger partial charge in [0.15, 0.2) is 0 Å². The van der Waals surface area contributed by atoms with E-state index in [0.29, 0.717) is 35.5 Å². The lowest BCUT2D eigenvalue weighted by atomic mass is 10.0. The van der Waals surface area contributed by atoms with Crippen molar-refractivity contribution in [1.29, 1.82) is 5.26 Å². The van der Waals surface area contributed by atoms with E-state index in [2.05, 4.69) is 25.8 Å². The second-order valence-corrected chi connectivity index (χ2v) is 8.80. The number of hydrogen-bond donors (Lipinski definition) is 0. The van der Waals surface area contributed by atoms with Crippen LogP contribution in [0.5, 0.6) is 0 Å². The molecule has 1 aliphatic heterocycles. The molecule has 10 heteroatoms. The Morgan fingerprint density at radius 1 is 1.15 bits per heavy atom. The SMILES string of the molecule is CC(c1ccc(C(F)(F)F)cn1)N1C[C@H](C)N(c2cc(=O)n(C)c3ccc(C#N)nc23)C[C@H]1C. The second-order valence-electron chi connectivity index (χ2n) is 8.80. The maximum atomic E-state index is 12.9. The van der Waals surface area contributed by atoms with Gasteiger partial charge in [0.2, 0.25) is 0 Å². The molecule has 1 aliphatic rings. The summed E-state index contributed by atoms with van der Waals surface area (Å²) in [5.74, 6) is 0. The van der Waals surface area contributed by atoms with Crippen LogP contribution in [0.4, 0.5) is 18.9 Å². The molecule has 0 aromatic carbocycles. The number of rotatable bonds is 3. The normalized spacial score (nSPS) is 20.4. The zero-order valence-electron chi connectivity index (χ0n) is 19.3. The molecule has 178 valence electrons. The standard InChI is InChI=1S/C24H25F3N6O/c1-14-13-33(21-9-22(34)31(4)20-8-6-18(10-28)30-23(20)21)15(2)12-32(14)16(3)19-7-5-17(11-29-19)24(25,26)27/h5-9,11,14-16H,12-13H2,1-4H3/t14-,15+,16?/m1/s1. The third-order valence-electron chi connectivity index (χ3n) is 6.57. The van der Waals surface area contributed by atoms with Crippen LogP contribution in [0, 0.1) is 11.3 Å². The molecule has 0 amide bonds. The Balaban J connectivity index is 1.64. The molecule has 4 heterocycles. The van der Waals surface area contributed by atoms with Crippen molar-refractivity contribution in [2.75, 3.05) is 18.0 Å². The number of anilines is 1. The molecule has 0 bridgehead atoms. The molecule has 1 unspecified atom stereocenters. The van der Waals surface area contributed by atoms with Crippen molar-refractivity contribution in [3.8, 4) is 6.07 Å². The van der Waals surface area contributed by atoms with Crippen molar-refractivity contribution in [2.45, 2.75) is 45.1 Å². The molecule has 1 saturated heterocycles. The number of nitrogens with zero attached hydrogens (tertiary/aromatic N) is 6. The summed E-state index contributed by atoms with van der Waals surface area (Å²) in [6, 6.07) is 9.24. The minimum absolute atomic E-state index is 0.0176. The van der Waals surface area contributed by atoms with E-state index in [9.17, 15) is 23.2 Å². The van der Waals surface area contributed by atoms with Crippen LogP contribution in [0.25, 0.3) is 11.0 Å². The lowest BCUT2D eigenvalue weighted by Crippen LogP contribution is -2.57. The Labute approximate surface area is 195 Å². The van der Waals surface area contributed by atoms with Crippen molar-refractivity contribution < 1.29 is 13.2 Å². The average Bonchev–Trinajstić information content (AvgIpc) is 2.81. The number of nitriles is 1. The van der Waals surface area contributed by atoms with Gasteiger partial charge in [-0.3, -0.25) is 14.7 Å². The smallest absolute Gasteiger partial charge is 0.364 e. The van der Waals surface area contributed by atoms with E-state index in [-0.39, 0.29) is 29.4 Å². The molecular weight excluding hydrogens is 445 g/mol. The van der Waals surface area contributed by atoms with Gasteiger partial charge in [0.05, 0.1) is 22.5 Å². The lowest BCUT2D eigenvalue weighted by Gasteiger charge is -2.47. The first-order valence-corrected chi connectivity index (χ1v) is 11.0. The fourth-order valence-electron chi connectivity index (χ4n) is 4.61. The van der Waals surface area contributed by atoms with Crippen molar-refractivity contribution >= 4 is 16.7 Å². The summed E-state index contributed by atoms with van der Waals surface area (Å²) >= 11 is 0. The minimum Gasteiger partial charge on any atom is -0.364 e. The van der Waals surface area contributed by atoms with Crippen LogP contribution < -0.4 is 10.5 Å². The third-order valence-corrected chi connectivity index (χ3v) is 6.57. The highest BCUT2D eigenvalue weighted by molar-refractivity contribution is 5.89. The van der Waals surface area contributed by atoms with Crippen molar-refractivity contribution in [3.63, 3.8) is 0 Å². The van der Waals surface area contributed by atoms with Gasteiger partial charge < -0.3 is 9.47 Å². The Bertz CT molecular complexity index is 1310. The predicted octanol–water partition coefficient (Wildman–Crippen LogP) is 3.88. The highest BCUT2D eigenvalue weighted by Gasteiger charge is 2.35. The molecular formula is C24H25F3N6O. The number of halogens is 3. The maximum absolute atomic E-state index is 12.9. The summed E-state index contributed by atoms with van der Waals surface area (Å²) < 4.78 is 40.2. The first-order chi connectivity index (χ1) is 16.0. The Morgan fingerprint density at radius 3 is 2.50 bits per heavy atom. The van der Waals surface area contributed by atoms with E-state index in [0.717, 1.165) is 12.3 Å². The van der Waals surface area contributed by atoms with Crippen molar-refractivity contribution in [1.82, 2.24) is 19.4 Å². The van der Waals surface area contributed by atoms with Gasteiger partial charge >= 0.3 is 6.18 Å². The number of alkyl halides is 3. The molecule has 0 radical (unpaired) electrons. The molecule has 3 aromatic rings. The van der Waals surface area contributed by atoms with Crippen molar-refractivity contribution in [3.05, 3.63) is 63.8 Å². The van der Waals surface area contributed by atoms with Crippen LogP contribution in [0.15, 0.2) is 41.3 Å². The molecule has 3 atom stereocenters. The van der Waals surface area contributed by atoms with Crippen LogP contribution in [0.1, 0.15) is 43.8 Å². The van der Waals surface area contributed by atoms with E-state index < -0.39 is 11.7 Å². The van der Waals surface area contributed by atoms with Crippen LogP contribution in [-0.4, -0.2) is 44.6 Å². The Morgan fingerprint density at radius 2 is 1.88 bits per heavy atom. The van der Waals surface area contributed by atoms with Crippen molar-refractivity contribution in [2.24, 2.45) is 7.05 Å². The highest BCUT2D eigenvalue weighted by Crippen LogP contribution is 2.33. The van der Waals surface area contributed by atoms with Gasteiger partial charge in [0.1, 0.15) is 17.3 Å². The number of hydrogen-bond acceptors (Lipinski definition) is 6. The Hall–Kier alpha value is -3.45. The Kier molecular flexibility index (Phi) is 6.08. The molecule has 3 aromatic heterocycles. The topological polar surface area (TPSA) is 78.0 Å². The first-order valence-electron chi connectivity index (χ1n) is 11.0. The minimum atomic E-state index is -4.42. The fraction of sp³-hybridized carbons (Fsp3) is 0.417. The van der Waals surface area contributed by atoms with E-state index >= 15 is 0 Å². The number of fused-ring (bicyclic) bond motifs is 1. The molecule has 4 rings (SSSR count). The summed E-state index contributed by atoms with van der Waals surface area (Å²) in [4.78, 5) is 25.5. The van der Waals surface area contributed by atoms with E-state index in [1.807, 2.05) is 20.8 Å². The predicted molar refractivity (Wildman–Crippen MR) is 122 cm³/mol. The summed E-state index contributed by atoms with van der Waals surface area (Å²) in [5.41, 5.74) is 1.82. The van der Waals surface area contributed by atoms with Gasteiger partial charge in [-0.15, -0.1) is 0 Å². The molecule has 0 N–H and O–H groups in total. The van der Waals surface area contributed by atoms with Gasteiger partial charge in [0.25, 0.3) is 5.56 Å². The van der Waals surface area contributed by atoms with Crippen LogP contribution in [-0.2, 0) is 13.2 Å². The molecule has 0 aliphatic carbocycles. The first kappa shape index (κ1) is 23.7. The van der Waals surface area contributed by atoms with Gasteiger partial charge in [0, 0.05) is 50.5 Å². The van der Waals surface area contributed by atoms with Gasteiger partial charge in [-0.1, -0.05) is 0 Å². The summed E-state index contributed by atoms with van der Waals surface area (Å²) in [5, 5.41) is 9.31. The average molecular weight is 470 g/mol. The molecule has 0 saturated carbocycles. The number of piperazine rings is 1. The molecule has 7 nitrogen and oxygen atoms in total. The summed E-state index contributed by atoms with van der Waals surface area (Å²) in [6.07, 6.45) is -3.54. The van der Waals surface area contributed by atoms with Crippen LogP contribution >= 0.6 is 0 Å². The van der Waals surface area contributed by atoms with Crippen LogP contribution in [0.2, 0.25) is 0 Å². The van der Waals surface area contributed by atoms with Gasteiger partial charge in [-0.2, -0.15) is 18.4 Å². The second kappa shape index (κ2) is 8.72. The van der Waals surface area contributed by atoms with Crippen LogP contribution in [0.3, 0.4) is 0 Å². The number of aryl methyl sites for hydroxylation is 1. The zero-order chi connectivity index (χ0) is 24.8. The van der Waals surface area contributed by atoms with E-state index in [4.69, 9.17) is 0 Å². The zero-order valence-corrected chi connectivity index (χ0v) is 19.3. The third kappa shape index (κ3) is 4.23. The summed E-state index contributed by atoms with van der Waals surface area (Å²) in [7, 11) is 1.67. The van der Waals surface area contributed by atoms with E-state index in [1.165, 1.54) is 10.6 Å². The van der Waals surface area contributed by atoms with Gasteiger partial charge in [-0.05, 0) is 45.0 Å². The monoisotopic (exact) mass is 470 g/mol. The molecule has 34 heavy (non-hydrogen) atoms. The molecule has 1 fully saturated rings. The number of aromatic nitrogens is 3. The lowest BCUT2D eigenvalue weighted by molar-refractivity contribution is -0.137. The number of pyridine rings is 3. The maximum Gasteiger partial charge on any atom is 0.417 e.